The molecular formula is C25H24FN3O2. The molecule has 0 radical (unpaired) electrons. The van der Waals surface area contributed by atoms with Crippen LogP contribution < -0.4 is 10.1 Å². The van der Waals surface area contributed by atoms with Crippen LogP contribution in [0.1, 0.15) is 24.0 Å². The lowest BCUT2D eigenvalue weighted by Gasteiger charge is -2.09. The van der Waals surface area contributed by atoms with Crippen LogP contribution in [0.15, 0.2) is 79.1 Å². The first-order chi connectivity index (χ1) is 15.2. The normalized spacial score (nSPS) is 10.9. The number of carbonyl (C=O) groups is 1. The van der Waals surface area contributed by atoms with Gasteiger partial charge in [-0.2, -0.15) is 0 Å². The van der Waals surface area contributed by atoms with Crippen LogP contribution in [0.2, 0.25) is 0 Å². The molecule has 1 heterocycles. The minimum absolute atomic E-state index is 0.0499. The zero-order chi connectivity index (χ0) is 21.5. The Morgan fingerprint density at radius 2 is 1.71 bits per heavy atom. The summed E-state index contributed by atoms with van der Waals surface area (Å²) >= 11 is 0. The lowest BCUT2D eigenvalue weighted by molar-refractivity contribution is -0.121. The maximum Gasteiger partial charge on any atom is 0.220 e. The van der Waals surface area contributed by atoms with Gasteiger partial charge in [-0.1, -0.05) is 48.5 Å². The molecule has 1 N–H and O–H groups in total. The molecule has 0 saturated carbocycles. The number of aromatic nitrogens is 2. The topological polar surface area (TPSA) is 56.1 Å². The Hall–Kier alpha value is -3.67. The number of rotatable bonds is 9. The Bertz CT molecular complexity index is 1150. The van der Waals surface area contributed by atoms with Gasteiger partial charge in [0.1, 0.15) is 0 Å². The van der Waals surface area contributed by atoms with Gasteiger partial charge >= 0.3 is 0 Å². The lowest BCUT2D eigenvalue weighted by atomic mass is 10.1. The van der Waals surface area contributed by atoms with Crippen LogP contribution in [0.4, 0.5) is 4.39 Å². The van der Waals surface area contributed by atoms with Gasteiger partial charge in [-0.15, -0.1) is 0 Å². The van der Waals surface area contributed by atoms with Crippen LogP contribution >= 0.6 is 0 Å². The zero-order valence-corrected chi connectivity index (χ0v) is 17.1. The number of ether oxygens (including phenoxy) is 1. The maximum atomic E-state index is 13.5. The highest BCUT2D eigenvalue weighted by Gasteiger charge is 2.05. The number of hydrogen-bond donors (Lipinski definition) is 1. The highest BCUT2D eigenvalue weighted by Crippen LogP contribution is 2.16. The number of amides is 1. The SMILES string of the molecule is O=C(CCCOc1ccccc1F)NCc1ccc(Cn2cnc3ccccc32)cc1. The van der Waals surface area contributed by atoms with Gasteiger partial charge in [0.2, 0.25) is 5.91 Å². The molecule has 0 aliphatic heterocycles. The van der Waals surface area contributed by atoms with E-state index in [2.05, 4.69) is 33.1 Å². The van der Waals surface area contributed by atoms with Crippen LogP contribution in [0, 0.1) is 5.82 Å². The van der Waals surface area contributed by atoms with Crippen LogP contribution in [0.5, 0.6) is 5.75 Å². The summed E-state index contributed by atoms with van der Waals surface area (Å²) in [7, 11) is 0. The van der Waals surface area contributed by atoms with Crippen molar-refractivity contribution in [2.75, 3.05) is 6.61 Å². The van der Waals surface area contributed by atoms with Crippen molar-refractivity contribution >= 4 is 16.9 Å². The van der Waals surface area contributed by atoms with E-state index in [0.29, 0.717) is 26.0 Å². The molecule has 0 aliphatic rings. The van der Waals surface area contributed by atoms with Gasteiger partial charge in [-0.3, -0.25) is 4.79 Å². The largest absolute Gasteiger partial charge is 0.491 e. The zero-order valence-electron chi connectivity index (χ0n) is 17.1. The van der Waals surface area contributed by atoms with E-state index in [1.807, 2.05) is 36.7 Å². The summed E-state index contributed by atoms with van der Waals surface area (Å²) in [5, 5.41) is 2.91. The Morgan fingerprint density at radius 3 is 2.55 bits per heavy atom. The van der Waals surface area contributed by atoms with Crippen molar-refractivity contribution in [3.05, 3.63) is 96.1 Å². The number of fused-ring (bicyclic) bond motifs is 1. The number of imidazole rings is 1. The smallest absolute Gasteiger partial charge is 0.220 e. The first-order valence-corrected chi connectivity index (χ1v) is 10.3. The van der Waals surface area contributed by atoms with Crippen molar-refractivity contribution in [2.24, 2.45) is 0 Å². The molecule has 31 heavy (non-hydrogen) atoms. The Kier molecular flexibility index (Phi) is 6.57. The standard InChI is InChI=1S/C25H24FN3O2/c26-21-6-1-4-9-24(21)31-15-5-10-25(30)27-16-19-11-13-20(14-12-19)17-29-18-28-22-7-2-3-8-23(22)29/h1-4,6-9,11-14,18H,5,10,15-17H2,(H,27,30). The highest BCUT2D eigenvalue weighted by molar-refractivity contribution is 5.76. The summed E-state index contributed by atoms with van der Waals surface area (Å²) in [6.07, 6.45) is 2.72. The van der Waals surface area contributed by atoms with Gasteiger partial charge in [0.15, 0.2) is 11.6 Å². The van der Waals surface area contributed by atoms with Gasteiger partial charge < -0.3 is 14.6 Å². The highest BCUT2D eigenvalue weighted by atomic mass is 19.1. The fraction of sp³-hybridized carbons (Fsp3) is 0.200. The van der Waals surface area contributed by atoms with Gasteiger partial charge in [-0.25, -0.2) is 9.37 Å². The Morgan fingerprint density at radius 1 is 0.968 bits per heavy atom. The lowest BCUT2D eigenvalue weighted by Crippen LogP contribution is -2.23. The number of nitrogens with one attached hydrogen (secondary N) is 1. The predicted octanol–water partition coefficient (Wildman–Crippen LogP) is 4.70. The van der Waals surface area contributed by atoms with Gasteiger partial charge in [0.25, 0.3) is 0 Å². The molecule has 0 fully saturated rings. The molecule has 0 atom stereocenters. The number of carbonyl (C=O) groups excluding carboxylic acids is 1. The second-order valence-electron chi connectivity index (χ2n) is 7.34. The van der Waals surface area contributed by atoms with Crippen LogP contribution in [-0.2, 0) is 17.9 Å². The third-order valence-corrected chi connectivity index (χ3v) is 5.04. The molecule has 4 rings (SSSR count). The summed E-state index contributed by atoms with van der Waals surface area (Å²) in [4.78, 5) is 16.5. The van der Waals surface area contributed by atoms with Gasteiger partial charge in [0, 0.05) is 19.5 Å². The first kappa shape index (κ1) is 20.6. The molecule has 1 amide bonds. The summed E-state index contributed by atoms with van der Waals surface area (Å²) < 4.78 is 21.0. The second-order valence-corrected chi connectivity index (χ2v) is 7.34. The molecule has 0 aliphatic carbocycles. The van der Waals surface area contributed by atoms with Crippen molar-refractivity contribution in [2.45, 2.75) is 25.9 Å². The van der Waals surface area contributed by atoms with Gasteiger partial charge in [0.05, 0.1) is 24.0 Å². The van der Waals surface area contributed by atoms with Crippen LogP contribution in [-0.4, -0.2) is 22.1 Å². The van der Waals surface area contributed by atoms with E-state index >= 15 is 0 Å². The molecule has 0 unspecified atom stereocenters. The molecule has 0 spiro atoms. The maximum absolute atomic E-state index is 13.5. The van der Waals surface area contributed by atoms with E-state index in [0.717, 1.165) is 23.1 Å². The Balaban J connectivity index is 1.20. The number of halogens is 1. The third kappa shape index (κ3) is 5.48. The molecule has 5 nitrogen and oxygen atoms in total. The number of benzene rings is 3. The van der Waals surface area contributed by atoms with E-state index in [-0.39, 0.29) is 11.7 Å². The number of para-hydroxylation sites is 3. The molecule has 0 saturated heterocycles. The van der Waals surface area contributed by atoms with Crippen molar-refractivity contribution in [3.63, 3.8) is 0 Å². The number of hydrogen-bond acceptors (Lipinski definition) is 3. The predicted molar refractivity (Wildman–Crippen MR) is 118 cm³/mol. The molecule has 158 valence electrons. The molecule has 6 heteroatoms. The van der Waals surface area contributed by atoms with Crippen molar-refractivity contribution in [3.8, 4) is 5.75 Å². The average Bonchev–Trinajstić information content (AvgIpc) is 3.20. The summed E-state index contributed by atoms with van der Waals surface area (Å²) in [5.41, 5.74) is 4.30. The quantitative estimate of drug-likeness (QED) is 0.402. The molecular weight excluding hydrogens is 393 g/mol. The molecule has 0 bridgehead atoms. The minimum atomic E-state index is -0.392. The molecule has 3 aromatic carbocycles. The van der Waals surface area contributed by atoms with Crippen LogP contribution in [0.3, 0.4) is 0 Å². The summed E-state index contributed by atoms with van der Waals surface area (Å²) in [6, 6.07) is 22.5. The molecule has 1 aromatic heterocycles. The Labute approximate surface area is 180 Å². The van der Waals surface area contributed by atoms with E-state index in [1.165, 1.54) is 11.6 Å². The molecule has 4 aromatic rings. The van der Waals surface area contributed by atoms with Crippen LogP contribution in [0.25, 0.3) is 11.0 Å². The number of nitrogens with zero attached hydrogens (tertiary/aromatic N) is 2. The second kappa shape index (κ2) is 9.89. The van der Waals surface area contributed by atoms with Gasteiger partial charge in [-0.05, 0) is 41.8 Å². The third-order valence-electron chi connectivity index (χ3n) is 5.04. The summed E-state index contributed by atoms with van der Waals surface area (Å²) in [6.45, 7) is 1.52. The monoisotopic (exact) mass is 417 g/mol. The van der Waals surface area contributed by atoms with E-state index in [4.69, 9.17) is 4.74 Å². The van der Waals surface area contributed by atoms with Crippen molar-refractivity contribution in [1.82, 2.24) is 14.9 Å². The van der Waals surface area contributed by atoms with E-state index in [1.54, 1.807) is 18.2 Å². The first-order valence-electron chi connectivity index (χ1n) is 10.3. The van der Waals surface area contributed by atoms with Crippen molar-refractivity contribution < 1.29 is 13.9 Å². The van der Waals surface area contributed by atoms with E-state index < -0.39 is 5.82 Å². The van der Waals surface area contributed by atoms with E-state index in [9.17, 15) is 9.18 Å². The average molecular weight is 417 g/mol. The fourth-order valence-electron chi connectivity index (χ4n) is 3.36. The fourth-order valence-corrected chi connectivity index (χ4v) is 3.36. The minimum Gasteiger partial charge on any atom is -0.491 e. The van der Waals surface area contributed by atoms with Crippen molar-refractivity contribution in [1.29, 1.82) is 0 Å². The summed E-state index contributed by atoms with van der Waals surface area (Å²) in [5.74, 6) is -0.227.